The smallest absolute Gasteiger partial charge is 0.164 e. The third-order valence-electron chi connectivity index (χ3n) is 3.20. The fraction of sp³-hybridized carbons (Fsp3) is 1.00. The number of rotatable bonds is 2. The Bertz CT molecular complexity index is 347. The quantitative estimate of drug-likeness (QED) is 0.650. The van der Waals surface area contributed by atoms with Crippen molar-refractivity contribution in [1.29, 1.82) is 0 Å². The van der Waals surface area contributed by atoms with E-state index in [2.05, 4.69) is 5.32 Å². The average Bonchev–Trinajstić information content (AvgIpc) is 2.63. The van der Waals surface area contributed by atoms with Crippen LogP contribution in [0.2, 0.25) is 0 Å². The lowest BCUT2D eigenvalue weighted by molar-refractivity contribution is 0.0807. The van der Waals surface area contributed by atoms with Crippen LogP contribution < -0.4 is 5.32 Å². The molecule has 0 aliphatic carbocycles. The Balaban J connectivity index is 2.16. The number of aliphatic hydroxyl groups excluding tert-OH is 1. The van der Waals surface area contributed by atoms with Gasteiger partial charge in [0.2, 0.25) is 0 Å². The van der Waals surface area contributed by atoms with E-state index in [0.717, 1.165) is 12.3 Å². The monoisotopic (exact) mass is 266 g/mol. The predicted octanol–water partition coefficient (Wildman–Crippen LogP) is -1.26. The lowest BCUT2D eigenvalue weighted by atomic mass is 10.2. The van der Waals surface area contributed by atoms with Crippen LogP contribution in [0.25, 0.3) is 0 Å². The summed E-state index contributed by atoms with van der Waals surface area (Å²) in [5, 5.41) is 12.5. The second-order valence-corrected chi connectivity index (χ2v) is 7.74. The van der Waals surface area contributed by atoms with Crippen molar-refractivity contribution in [2.45, 2.75) is 17.5 Å². The van der Waals surface area contributed by atoms with E-state index in [0.29, 0.717) is 18.8 Å². The second-order valence-electron chi connectivity index (χ2n) is 4.39. The average molecular weight is 266 g/mol. The fourth-order valence-electron chi connectivity index (χ4n) is 2.33. The van der Waals surface area contributed by atoms with E-state index >= 15 is 0 Å². The van der Waals surface area contributed by atoms with E-state index in [4.69, 9.17) is 0 Å². The maximum atomic E-state index is 11.7. The molecule has 0 aromatic rings. The molecule has 16 heavy (non-hydrogen) atoms. The van der Waals surface area contributed by atoms with Gasteiger partial charge in [0, 0.05) is 37.4 Å². The summed E-state index contributed by atoms with van der Waals surface area (Å²) in [6.07, 6.45) is 0.832. The van der Waals surface area contributed by atoms with Gasteiger partial charge in [-0.15, -0.1) is 0 Å². The number of hydrogen-bond donors (Lipinski definition) is 2. The van der Waals surface area contributed by atoms with Gasteiger partial charge in [-0.2, -0.15) is 11.8 Å². The minimum atomic E-state index is -3.07. The summed E-state index contributed by atoms with van der Waals surface area (Å²) < 4.78 is 23.4. The van der Waals surface area contributed by atoms with Crippen molar-refractivity contribution >= 4 is 21.6 Å². The van der Waals surface area contributed by atoms with Gasteiger partial charge in [0.1, 0.15) is 5.37 Å². The number of β-amino-alcohol motifs (C(OH)–C–C–N with tert-alkyl or cyclic N) is 1. The first-order valence-corrected chi connectivity index (χ1v) is 8.52. The van der Waals surface area contributed by atoms with Gasteiger partial charge in [0.15, 0.2) is 9.84 Å². The van der Waals surface area contributed by atoms with Crippen LogP contribution in [-0.2, 0) is 9.84 Å². The van der Waals surface area contributed by atoms with Crippen LogP contribution in [0.15, 0.2) is 0 Å². The van der Waals surface area contributed by atoms with Crippen LogP contribution in [0.5, 0.6) is 0 Å². The van der Waals surface area contributed by atoms with E-state index in [1.165, 1.54) is 6.26 Å². The summed E-state index contributed by atoms with van der Waals surface area (Å²) in [5.74, 6) is 1.55. The van der Waals surface area contributed by atoms with Gasteiger partial charge < -0.3 is 10.4 Å². The molecule has 2 N–H and O–H groups in total. The lowest BCUT2D eigenvalue weighted by Gasteiger charge is -2.39. The van der Waals surface area contributed by atoms with Crippen molar-refractivity contribution in [1.82, 2.24) is 10.2 Å². The predicted molar refractivity (Wildman–Crippen MR) is 65.3 cm³/mol. The zero-order valence-corrected chi connectivity index (χ0v) is 10.9. The Morgan fingerprint density at radius 2 is 2.19 bits per heavy atom. The number of hydrogen-bond acceptors (Lipinski definition) is 6. The van der Waals surface area contributed by atoms with Gasteiger partial charge in [-0.05, 0) is 0 Å². The summed E-state index contributed by atoms with van der Waals surface area (Å²) >= 11 is 1.67. The molecule has 3 atom stereocenters. The van der Waals surface area contributed by atoms with Crippen LogP contribution in [0, 0.1) is 0 Å². The topological polar surface area (TPSA) is 69.6 Å². The Morgan fingerprint density at radius 1 is 1.44 bits per heavy atom. The molecule has 2 aliphatic rings. The van der Waals surface area contributed by atoms with Crippen molar-refractivity contribution in [3.63, 3.8) is 0 Å². The van der Waals surface area contributed by atoms with Crippen molar-refractivity contribution in [3.8, 4) is 0 Å². The number of nitrogens with zero attached hydrogens (tertiary/aromatic N) is 1. The lowest BCUT2D eigenvalue weighted by Crippen LogP contribution is -2.55. The van der Waals surface area contributed by atoms with Gasteiger partial charge >= 0.3 is 0 Å². The van der Waals surface area contributed by atoms with E-state index in [-0.39, 0.29) is 6.04 Å². The Hall–Kier alpha value is 0.180. The van der Waals surface area contributed by atoms with Gasteiger partial charge in [0.05, 0.1) is 12.1 Å². The first-order chi connectivity index (χ1) is 7.50. The van der Waals surface area contributed by atoms with Crippen LogP contribution in [0.4, 0.5) is 0 Å². The molecule has 0 aromatic heterocycles. The molecule has 0 saturated carbocycles. The molecular formula is C9H18N2O3S2. The zero-order chi connectivity index (χ0) is 11.8. The molecule has 0 spiro atoms. The van der Waals surface area contributed by atoms with E-state index < -0.39 is 21.3 Å². The third kappa shape index (κ3) is 2.53. The van der Waals surface area contributed by atoms with Crippen molar-refractivity contribution in [2.24, 2.45) is 0 Å². The van der Waals surface area contributed by atoms with Gasteiger partial charge in [0.25, 0.3) is 0 Å². The summed E-state index contributed by atoms with van der Waals surface area (Å²) in [5.41, 5.74) is 0. The van der Waals surface area contributed by atoms with Crippen LogP contribution >= 0.6 is 11.8 Å². The van der Waals surface area contributed by atoms with Crippen LogP contribution in [0.3, 0.4) is 0 Å². The summed E-state index contributed by atoms with van der Waals surface area (Å²) in [7, 11) is -3.07. The third-order valence-corrected chi connectivity index (χ3v) is 5.86. The molecule has 5 nitrogen and oxygen atoms in total. The minimum Gasteiger partial charge on any atom is -0.390 e. The van der Waals surface area contributed by atoms with E-state index in [1.807, 2.05) is 4.90 Å². The number of thioether (sulfide) groups is 1. The number of aliphatic hydroxyl groups is 1. The molecule has 2 saturated heterocycles. The van der Waals surface area contributed by atoms with Crippen LogP contribution in [0.1, 0.15) is 0 Å². The summed E-state index contributed by atoms with van der Waals surface area (Å²) in [6, 6.07) is -0.0550. The Kier molecular flexibility index (Phi) is 3.80. The Labute approximate surface area is 100 Å². The minimum absolute atomic E-state index is 0.0550. The Morgan fingerprint density at radius 3 is 2.75 bits per heavy atom. The summed E-state index contributed by atoms with van der Waals surface area (Å²) in [6.45, 7) is 1.98. The standard InChI is InChI=1S/C9H18N2O3S2/c1-16(13,14)9-6-15-3-2-11(9)7-4-10-5-8(7)12/h7-10,12H,2-6H2,1H3. The summed E-state index contributed by atoms with van der Waals surface area (Å²) in [4.78, 5) is 1.95. The first kappa shape index (κ1) is 12.6. The highest BCUT2D eigenvalue weighted by Gasteiger charge is 2.39. The number of nitrogens with one attached hydrogen (secondary N) is 1. The van der Waals surface area contributed by atoms with Gasteiger partial charge in [-0.25, -0.2) is 8.42 Å². The van der Waals surface area contributed by atoms with Gasteiger partial charge in [-0.3, -0.25) is 4.90 Å². The van der Waals surface area contributed by atoms with Crippen molar-refractivity contribution < 1.29 is 13.5 Å². The SMILES string of the molecule is CS(=O)(=O)C1CSCCN1C1CNCC1O. The maximum absolute atomic E-state index is 11.7. The molecule has 3 unspecified atom stereocenters. The highest BCUT2D eigenvalue weighted by molar-refractivity contribution is 8.00. The van der Waals surface area contributed by atoms with E-state index in [1.54, 1.807) is 11.8 Å². The largest absolute Gasteiger partial charge is 0.390 e. The molecular weight excluding hydrogens is 248 g/mol. The molecule has 0 bridgehead atoms. The molecule has 7 heteroatoms. The van der Waals surface area contributed by atoms with Crippen molar-refractivity contribution in [3.05, 3.63) is 0 Å². The van der Waals surface area contributed by atoms with E-state index in [9.17, 15) is 13.5 Å². The highest BCUT2D eigenvalue weighted by Crippen LogP contribution is 2.24. The molecule has 2 aliphatic heterocycles. The van der Waals surface area contributed by atoms with Crippen molar-refractivity contribution in [2.75, 3.05) is 37.4 Å². The zero-order valence-electron chi connectivity index (χ0n) is 9.30. The molecule has 0 amide bonds. The number of sulfone groups is 1. The highest BCUT2D eigenvalue weighted by atomic mass is 32.2. The molecule has 2 heterocycles. The molecule has 2 rings (SSSR count). The maximum Gasteiger partial charge on any atom is 0.164 e. The molecule has 0 radical (unpaired) electrons. The molecule has 0 aromatic carbocycles. The molecule has 94 valence electrons. The normalized spacial score (nSPS) is 37.8. The second kappa shape index (κ2) is 4.81. The van der Waals surface area contributed by atoms with Gasteiger partial charge in [-0.1, -0.05) is 0 Å². The fourth-order valence-corrected chi connectivity index (χ4v) is 5.26. The first-order valence-electron chi connectivity index (χ1n) is 5.41. The van der Waals surface area contributed by atoms with Crippen LogP contribution in [-0.4, -0.2) is 73.3 Å². The molecule has 2 fully saturated rings.